The summed E-state index contributed by atoms with van der Waals surface area (Å²) >= 11 is 7.67. The number of sulfonamides is 1. The zero-order valence-corrected chi connectivity index (χ0v) is 43.2. The van der Waals surface area contributed by atoms with Gasteiger partial charge in [-0.2, -0.15) is 0 Å². The molecular weight excluding hydrogens is 1020 g/mol. The first-order chi connectivity index (χ1) is 37.3. The second kappa shape index (κ2) is 23.2. The van der Waals surface area contributed by atoms with Crippen molar-refractivity contribution in [3.05, 3.63) is 168 Å². The van der Waals surface area contributed by atoms with Crippen molar-refractivity contribution < 1.29 is 17.9 Å². The molecule has 21 heteroatoms. The van der Waals surface area contributed by atoms with Crippen LogP contribution in [0.25, 0.3) is 43.8 Å². The van der Waals surface area contributed by atoms with Gasteiger partial charge < -0.3 is 35.7 Å². The average Bonchev–Trinajstić information content (AvgIpc) is 4.11. The molecule has 2 atom stereocenters. The number of thiazole rings is 1. The van der Waals surface area contributed by atoms with Gasteiger partial charge in [-0.3, -0.25) is 4.72 Å². The molecule has 0 aliphatic carbocycles. The lowest BCUT2D eigenvalue weighted by Gasteiger charge is -2.23. The number of hydrogen-bond acceptors (Lipinski definition) is 17. The van der Waals surface area contributed by atoms with Crippen LogP contribution in [-0.2, 0) is 16.4 Å². The number of hydrogen-bond donors (Lipinski definition) is 6. The van der Waals surface area contributed by atoms with Crippen molar-refractivity contribution in [3.63, 3.8) is 0 Å². The fourth-order valence-corrected chi connectivity index (χ4v) is 11.3. The van der Waals surface area contributed by atoms with Crippen LogP contribution in [0.3, 0.4) is 0 Å². The molecule has 2 fully saturated rings. The molecule has 384 valence electrons. The second-order valence-corrected chi connectivity index (χ2v) is 20.9. The van der Waals surface area contributed by atoms with Gasteiger partial charge in [0.1, 0.15) is 27.1 Å². The number of nitrogens with zero attached hydrogens (tertiary/aromatic N) is 8. The van der Waals surface area contributed by atoms with E-state index in [0.717, 1.165) is 97.0 Å². The van der Waals surface area contributed by atoms with E-state index in [2.05, 4.69) is 78.0 Å². The van der Waals surface area contributed by atoms with Crippen LogP contribution in [0.1, 0.15) is 37.1 Å². The SMILES string of the molecule is O=S(=O)(Nc1ccc(Oc2nccnc2-c2ccnc(N[C@H]3CCCNC3)n2)c2ccccc12)c1ccccc1Cl.c1ccc2[nH]c(Cc3ccc(Oc4ncsc4-c4ccnc(N[C@H]5CCCNC5)n4)cc3)nc2c1. The normalized spacial score (nSPS) is 15.6. The fraction of sp³-hybridized carbons (Fsp3) is 0.200. The highest BCUT2D eigenvalue weighted by atomic mass is 35.5. The van der Waals surface area contributed by atoms with Gasteiger partial charge in [-0.15, -0.1) is 11.3 Å². The number of para-hydroxylation sites is 2. The Balaban J connectivity index is 0.000000164. The van der Waals surface area contributed by atoms with Crippen molar-refractivity contribution >= 4 is 72.4 Å². The van der Waals surface area contributed by atoms with E-state index in [1.807, 2.05) is 66.7 Å². The van der Waals surface area contributed by atoms with E-state index in [-0.39, 0.29) is 21.8 Å². The van der Waals surface area contributed by atoms with Gasteiger partial charge in [-0.25, -0.2) is 48.3 Å². The Morgan fingerprint density at radius 2 is 1.33 bits per heavy atom. The predicted molar refractivity (Wildman–Crippen MR) is 297 cm³/mol. The minimum atomic E-state index is -3.93. The van der Waals surface area contributed by atoms with E-state index in [4.69, 9.17) is 26.1 Å². The minimum Gasteiger partial charge on any atom is -0.438 e. The zero-order valence-electron chi connectivity index (χ0n) is 40.9. The molecule has 12 rings (SSSR count). The predicted octanol–water partition coefficient (Wildman–Crippen LogP) is 10.5. The van der Waals surface area contributed by atoms with Crippen LogP contribution < -0.4 is 35.5 Å². The molecule has 10 aromatic rings. The summed E-state index contributed by atoms with van der Waals surface area (Å²) < 4.78 is 41.3. The number of imidazole rings is 1. The third kappa shape index (κ3) is 12.0. The third-order valence-corrected chi connectivity index (χ3v) is 15.4. The van der Waals surface area contributed by atoms with Crippen molar-refractivity contribution in [1.82, 2.24) is 55.5 Å². The molecule has 0 spiro atoms. The van der Waals surface area contributed by atoms with Crippen molar-refractivity contribution in [2.45, 2.75) is 49.1 Å². The van der Waals surface area contributed by atoms with Crippen molar-refractivity contribution in [2.24, 2.45) is 0 Å². The maximum absolute atomic E-state index is 13.1. The summed E-state index contributed by atoms with van der Waals surface area (Å²) in [5.41, 5.74) is 7.16. The Hall–Kier alpha value is -8.14. The summed E-state index contributed by atoms with van der Waals surface area (Å²) in [5, 5.41) is 15.1. The molecule has 5 aromatic carbocycles. The lowest BCUT2D eigenvalue weighted by molar-refractivity contribution is 0.467. The third-order valence-electron chi connectivity index (χ3n) is 12.7. The van der Waals surface area contributed by atoms with Gasteiger partial charge in [0.2, 0.25) is 23.7 Å². The maximum Gasteiger partial charge on any atom is 0.263 e. The van der Waals surface area contributed by atoms with E-state index in [0.29, 0.717) is 57.4 Å². The van der Waals surface area contributed by atoms with Gasteiger partial charge in [0.15, 0.2) is 5.69 Å². The first-order valence-corrected chi connectivity index (χ1v) is 27.6. The molecule has 7 heterocycles. The molecule has 2 saturated heterocycles. The minimum absolute atomic E-state index is 0.00580. The highest BCUT2D eigenvalue weighted by Crippen LogP contribution is 2.38. The molecule has 0 amide bonds. The first-order valence-electron chi connectivity index (χ1n) is 24.8. The summed E-state index contributed by atoms with van der Waals surface area (Å²) in [7, 11) is -3.93. The molecule has 0 saturated carbocycles. The number of ether oxygens (including phenoxy) is 2. The lowest BCUT2D eigenvalue weighted by Crippen LogP contribution is -2.38. The van der Waals surface area contributed by atoms with E-state index in [1.165, 1.54) is 23.5 Å². The van der Waals surface area contributed by atoms with E-state index in [9.17, 15) is 8.42 Å². The Bertz CT molecular complexity index is 3690. The monoisotopic (exact) mass is 1070 g/mol. The number of aromatic nitrogens is 9. The average molecular weight is 1070 g/mol. The standard InChI is InChI=1S/C29H26ClN7O3S.C26H25N7OS/c30-22-9-3-4-10-26(22)41(38,39)37-23-11-12-25(21-8-2-1-7-20(21)23)40-28-27(32-16-17-33-28)24-13-15-34-29(36-24)35-19-6-5-14-31-18-19;1-2-6-21-20(5-1)31-23(32-21)14-17-7-9-19(10-8-17)34-25-24(35-16-29-25)22-11-13-28-26(33-22)30-18-4-3-12-27-15-18/h1-4,7-13,15-17,19,31,37H,5-6,14,18H2,(H,34,35,36);1-2,5-11,13,16,18,27H,3-4,12,14-15H2,(H,31,32)(H,28,30,33)/t19-;18-/m00/s1. The Morgan fingerprint density at radius 3 is 2.07 bits per heavy atom. The van der Waals surface area contributed by atoms with Crippen LogP contribution in [-0.4, -0.2) is 91.5 Å². The summed E-state index contributed by atoms with van der Waals surface area (Å²) in [5.74, 6) is 4.09. The number of fused-ring (bicyclic) bond motifs is 2. The van der Waals surface area contributed by atoms with Crippen LogP contribution in [0, 0.1) is 0 Å². The smallest absolute Gasteiger partial charge is 0.263 e. The molecular formula is C55H51ClN14O4S2. The van der Waals surface area contributed by atoms with Gasteiger partial charge in [0, 0.05) is 67.2 Å². The first kappa shape index (κ1) is 50.0. The molecule has 76 heavy (non-hydrogen) atoms. The fourth-order valence-electron chi connectivity index (χ4n) is 8.97. The van der Waals surface area contributed by atoms with Gasteiger partial charge in [-0.1, -0.05) is 72.3 Å². The van der Waals surface area contributed by atoms with Gasteiger partial charge in [-0.05, 0) is 105 Å². The summed E-state index contributed by atoms with van der Waals surface area (Å²) in [6, 6.07) is 37.3. The van der Waals surface area contributed by atoms with Crippen LogP contribution >= 0.6 is 22.9 Å². The van der Waals surface area contributed by atoms with Crippen LogP contribution in [0.4, 0.5) is 17.6 Å². The van der Waals surface area contributed by atoms with E-state index in [1.54, 1.807) is 60.6 Å². The van der Waals surface area contributed by atoms with Gasteiger partial charge in [0.25, 0.3) is 10.0 Å². The van der Waals surface area contributed by atoms with Gasteiger partial charge in [0.05, 0.1) is 38.6 Å². The molecule has 18 nitrogen and oxygen atoms in total. The van der Waals surface area contributed by atoms with Crippen LogP contribution in [0.15, 0.2) is 157 Å². The van der Waals surface area contributed by atoms with Crippen molar-refractivity contribution in [1.29, 1.82) is 0 Å². The summed E-state index contributed by atoms with van der Waals surface area (Å²) in [6.07, 6.45) is 11.7. The Labute approximate surface area is 447 Å². The summed E-state index contributed by atoms with van der Waals surface area (Å²) in [6.45, 7) is 3.86. The lowest BCUT2D eigenvalue weighted by atomic mass is 10.1. The number of halogens is 1. The highest BCUT2D eigenvalue weighted by Gasteiger charge is 2.22. The molecule has 2 aliphatic heterocycles. The number of H-pyrrole nitrogens is 1. The van der Waals surface area contributed by atoms with E-state index >= 15 is 0 Å². The topological polar surface area (TPSA) is 232 Å². The largest absolute Gasteiger partial charge is 0.438 e. The molecule has 2 aliphatic rings. The number of benzene rings is 5. The molecule has 0 bridgehead atoms. The number of anilines is 3. The Morgan fingerprint density at radius 1 is 0.645 bits per heavy atom. The number of aromatic amines is 1. The molecule has 6 N–H and O–H groups in total. The number of rotatable bonds is 15. The van der Waals surface area contributed by atoms with Crippen molar-refractivity contribution in [3.8, 4) is 45.2 Å². The molecule has 0 radical (unpaired) electrons. The number of piperidine rings is 2. The number of nitrogens with one attached hydrogen (secondary N) is 6. The van der Waals surface area contributed by atoms with Crippen LogP contribution in [0.2, 0.25) is 5.02 Å². The van der Waals surface area contributed by atoms with Crippen molar-refractivity contribution in [2.75, 3.05) is 41.5 Å². The molecule has 0 unspecified atom stereocenters. The maximum atomic E-state index is 13.1. The Kier molecular flexibility index (Phi) is 15.3. The molecule has 5 aromatic heterocycles. The zero-order chi connectivity index (χ0) is 51.7. The summed E-state index contributed by atoms with van der Waals surface area (Å²) in [4.78, 5) is 40.5. The highest BCUT2D eigenvalue weighted by molar-refractivity contribution is 7.92. The van der Waals surface area contributed by atoms with E-state index < -0.39 is 10.0 Å². The van der Waals surface area contributed by atoms with Gasteiger partial charge >= 0.3 is 0 Å². The van der Waals surface area contributed by atoms with Crippen LogP contribution in [0.5, 0.6) is 23.3 Å². The second-order valence-electron chi connectivity index (χ2n) is 18.0. The quantitative estimate of drug-likeness (QED) is 0.0560.